The average Bonchev–Trinajstić information content (AvgIpc) is 2.34. The Kier molecular flexibility index (Phi) is 6.79. The monoisotopic (exact) mass is 239 g/mol. The molecule has 2 atom stereocenters. The van der Waals surface area contributed by atoms with E-state index >= 15 is 0 Å². The predicted molar refractivity (Wildman–Crippen MR) is 73.1 cm³/mol. The van der Waals surface area contributed by atoms with Crippen molar-refractivity contribution in [2.24, 2.45) is 11.8 Å². The first-order valence-electron chi connectivity index (χ1n) is 7.39. The third kappa shape index (κ3) is 5.67. The molecule has 1 aliphatic rings. The maximum absolute atomic E-state index is 12.1. The fraction of sp³-hybridized carbons (Fsp3) is 0.933. The molecule has 0 aromatic rings. The van der Waals surface area contributed by atoms with Crippen molar-refractivity contribution in [3.05, 3.63) is 0 Å². The maximum atomic E-state index is 12.1. The van der Waals surface area contributed by atoms with Crippen LogP contribution in [0.5, 0.6) is 0 Å². The van der Waals surface area contributed by atoms with Crippen molar-refractivity contribution in [1.82, 2.24) is 5.32 Å². The minimum Gasteiger partial charge on any atom is -0.315 e. The summed E-state index contributed by atoms with van der Waals surface area (Å²) in [5, 5.41) is 3.37. The Labute approximate surface area is 107 Å². The predicted octanol–water partition coefficient (Wildman–Crippen LogP) is 3.55. The van der Waals surface area contributed by atoms with Crippen molar-refractivity contribution < 1.29 is 4.79 Å². The Bertz CT molecular complexity index is 225. The second-order valence-electron chi connectivity index (χ2n) is 5.82. The van der Waals surface area contributed by atoms with Gasteiger partial charge in [-0.15, -0.1) is 0 Å². The van der Waals surface area contributed by atoms with Crippen LogP contribution in [0.3, 0.4) is 0 Å². The van der Waals surface area contributed by atoms with E-state index in [2.05, 4.69) is 26.1 Å². The topological polar surface area (TPSA) is 29.1 Å². The average molecular weight is 239 g/mol. The fourth-order valence-corrected chi connectivity index (χ4v) is 2.81. The molecule has 0 aromatic heterocycles. The van der Waals surface area contributed by atoms with Crippen LogP contribution in [0.15, 0.2) is 0 Å². The normalized spacial score (nSPS) is 25.2. The molecule has 0 aliphatic heterocycles. The highest BCUT2D eigenvalue weighted by molar-refractivity contribution is 5.81. The van der Waals surface area contributed by atoms with Crippen molar-refractivity contribution in [2.45, 2.75) is 71.8 Å². The molecule has 0 bridgehead atoms. The largest absolute Gasteiger partial charge is 0.315 e. The number of carbonyl (C=O) groups excluding carboxylic acids is 1. The van der Waals surface area contributed by atoms with Crippen molar-refractivity contribution in [3.63, 3.8) is 0 Å². The molecule has 2 nitrogen and oxygen atoms in total. The molecule has 0 heterocycles. The third-order valence-electron chi connectivity index (χ3n) is 3.97. The molecule has 0 amide bonds. The van der Waals surface area contributed by atoms with Gasteiger partial charge in [-0.3, -0.25) is 4.79 Å². The number of carbonyl (C=O) groups is 1. The van der Waals surface area contributed by atoms with Crippen molar-refractivity contribution in [1.29, 1.82) is 0 Å². The lowest BCUT2D eigenvalue weighted by Gasteiger charge is -2.27. The Hall–Kier alpha value is -0.370. The van der Waals surface area contributed by atoms with Crippen LogP contribution in [0.4, 0.5) is 0 Å². The minimum atomic E-state index is 0.382. The highest BCUT2D eigenvalue weighted by Crippen LogP contribution is 2.32. The molecule has 1 rings (SSSR count). The molecule has 0 radical (unpaired) electrons. The van der Waals surface area contributed by atoms with Crippen LogP contribution in [0, 0.1) is 11.8 Å². The van der Waals surface area contributed by atoms with E-state index in [0.29, 0.717) is 17.7 Å². The van der Waals surface area contributed by atoms with E-state index in [4.69, 9.17) is 0 Å². The van der Waals surface area contributed by atoms with Crippen molar-refractivity contribution >= 4 is 5.78 Å². The van der Waals surface area contributed by atoms with Crippen LogP contribution in [0.1, 0.15) is 65.7 Å². The van der Waals surface area contributed by atoms with Crippen molar-refractivity contribution in [3.8, 4) is 0 Å². The second kappa shape index (κ2) is 7.86. The van der Waals surface area contributed by atoms with Gasteiger partial charge < -0.3 is 5.32 Å². The van der Waals surface area contributed by atoms with Gasteiger partial charge >= 0.3 is 0 Å². The first-order chi connectivity index (χ1) is 8.13. The van der Waals surface area contributed by atoms with Crippen LogP contribution in [-0.4, -0.2) is 18.4 Å². The van der Waals surface area contributed by atoms with Gasteiger partial charge in [0.15, 0.2) is 0 Å². The maximum Gasteiger partial charge on any atom is 0.136 e. The van der Waals surface area contributed by atoms with Gasteiger partial charge in [-0.2, -0.15) is 0 Å². The summed E-state index contributed by atoms with van der Waals surface area (Å²) in [6.45, 7) is 7.53. The number of rotatable bonds is 7. The summed E-state index contributed by atoms with van der Waals surface area (Å²) in [6, 6.07) is 0.532. The quantitative estimate of drug-likeness (QED) is 0.688. The summed E-state index contributed by atoms with van der Waals surface area (Å²) in [4.78, 5) is 12.1. The SMILES string of the molecule is CCC1CCCC(C(=O)CCCNC(C)C)C1. The van der Waals surface area contributed by atoms with Gasteiger partial charge in [0.05, 0.1) is 0 Å². The van der Waals surface area contributed by atoms with Crippen LogP contribution < -0.4 is 5.32 Å². The Balaban J connectivity index is 2.18. The molecular weight excluding hydrogens is 210 g/mol. The van der Waals surface area contributed by atoms with E-state index in [1.54, 1.807) is 0 Å². The second-order valence-corrected chi connectivity index (χ2v) is 5.82. The number of hydrogen-bond acceptors (Lipinski definition) is 2. The van der Waals surface area contributed by atoms with Crippen molar-refractivity contribution in [2.75, 3.05) is 6.54 Å². The first kappa shape index (κ1) is 14.7. The third-order valence-corrected chi connectivity index (χ3v) is 3.97. The molecule has 2 unspecified atom stereocenters. The zero-order valence-corrected chi connectivity index (χ0v) is 11.8. The molecule has 0 aromatic carbocycles. The van der Waals surface area contributed by atoms with E-state index in [1.165, 1.54) is 19.3 Å². The summed E-state index contributed by atoms with van der Waals surface area (Å²) in [7, 11) is 0. The van der Waals surface area contributed by atoms with Gasteiger partial charge in [0.25, 0.3) is 0 Å². The molecule has 100 valence electrons. The Morgan fingerprint density at radius 1 is 1.35 bits per heavy atom. The van der Waals surface area contributed by atoms with E-state index in [-0.39, 0.29) is 0 Å². The lowest BCUT2D eigenvalue weighted by molar-refractivity contribution is -0.124. The van der Waals surface area contributed by atoms with E-state index in [9.17, 15) is 4.79 Å². The highest BCUT2D eigenvalue weighted by Gasteiger charge is 2.25. The number of hydrogen-bond donors (Lipinski definition) is 1. The molecule has 0 spiro atoms. The minimum absolute atomic E-state index is 0.382. The summed E-state index contributed by atoms with van der Waals surface area (Å²) >= 11 is 0. The van der Waals surface area contributed by atoms with Gasteiger partial charge in [-0.1, -0.05) is 40.0 Å². The van der Waals surface area contributed by atoms with Crippen LogP contribution in [0.2, 0.25) is 0 Å². The zero-order chi connectivity index (χ0) is 12.7. The summed E-state index contributed by atoms with van der Waals surface area (Å²) in [5.41, 5.74) is 0. The van der Waals surface area contributed by atoms with E-state index in [1.807, 2.05) is 0 Å². The fourth-order valence-electron chi connectivity index (χ4n) is 2.81. The van der Waals surface area contributed by atoms with E-state index < -0.39 is 0 Å². The molecular formula is C15H29NO. The standard InChI is InChI=1S/C15H29NO/c1-4-13-7-5-8-14(11-13)15(17)9-6-10-16-12(2)3/h12-14,16H,4-11H2,1-3H3. The number of Topliss-reactive ketones (excluding diaryl/α,β-unsaturated/α-hetero) is 1. The molecule has 0 saturated heterocycles. The molecule has 1 N–H and O–H groups in total. The van der Waals surface area contributed by atoms with Gasteiger partial charge in [-0.25, -0.2) is 0 Å². The summed E-state index contributed by atoms with van der Waals surface area (Å²) < 4.78 is 0. The Morgan fingerprint density at radius 3 is 2.76 bits per heavy atom. The van der Waals surface area contributed by atoms with Gasteiger partial charge in [0.2, 0.25) is 0 Å². The van der Waals surface area contributed by atoms with E-state index in [0.717, 1.165) is 38.1 Å². The highest BCUT2D eigenvalue weighted by atomic mass is 16.1. The Morgan fingerprint density at radius 2 is 2.12 bits per heavy atom. The van der Waals surface area contributed by atoms with Crippen LogP contribution >= 0.6 is 0 Å². The summed E-state index contributed by atoms with van der Waals surface area (Å²) in [6.07, 6.45) is 7.94. The van der Waals surface area contributed by atoms with Gasteiger partial charge in [0, 0.05) is 18.4 Å². The number of ketones is 1. The molecule has 2 heteroatoms. The molecule has 1 aliphatic carbocycles. The van der Waals surface area contributed by atoms with Gasteiger partial charge in [-0.05, 0) is 31.7 Å². The lowest BCUT2D eigenvalue weighted by Crippen LogP contribution is -2.26. The van der Waals surface area contributed by atoms with Crippen LogP contribution in [-0.2, 0) is 4.79 Å². The molecule has 1 saturated carbocycles. The first-order valence-corrected chi connectivity index (χ1v) is 7.39. The smallest absolute Gasteiger partial charge is 0.136 e. The van der Waals surface area contributed by atoms with Crippen LogP contribution in [0.25, 0.3) is 0 Å². The molecule has 17 heavy (non-hydrogen) atoms. The van der Waals surface area contributed by atoms with Gasteiger partial charge in [0.1, 0.15) is 5.78 Å². The lowest BCUT2D eigenvalue weighted by atomic mass is 9.77. The summed E-state index contributed by atoms with van der Waals surface area (Å²) in [5.74, 6) is 1.72. The zero-order valence-electron chi connectivity index (χ0n) is 11.8. The molecule has 1 fully saturated rings. The number of nitrogens with one attached hydrogen (secondary N) is 1.